The largest absolute Gasteiger partial charge is 0.490 e. The van der Waals surface area contributed by atoms with Crippen LogP contribution in [0.25, 0.3) is 0 Å². The number of nitrogens with two attached hydrogens (primary N) is 1. The number of rotatable bonds is 6. The van der Waals surface area contributed by atoms with Gasteiger partial charge in [-0.15, -0.1) is 0 Å². The van der Waals surface area contributed by atoms with Gasteiger partial charge in [0.05, 0.1) is 24.1 Å². The van der Waals surface area contributed by atoms with Crippen molar-refractivity contribution in [2.24, 2.45) is 5.73 Å². The summed E-state index contributed by atoms with van der Waals surface area (Å²) >= 11 is 3.25. The van der Waals surface area contributed by atoms with Crippen molar-refractivity contribution in [3.8, 4) is 11.5 Å². The number of alkyl halides is 3. The van der Waals surface area contributed by atoms with E-state index in [-0.39, 0.29) is 5.75 Å². The Morgan fingerprint density at radius 2 is 1.95 bits per heavy atom. The Labute approximate surface area is 118 Å². The molecule has 0 saturated carbocycles. The van der Waals surface area contributed by atoms with Crippen LogP contribution in [0.1, 0.15) is 18.9 Å². The maximum absolute atomic E-state index is 12.1. The number of hydrogen-bond acceptors (Lipinski definition) is 3. The molecule has 0 bridgehead atoms. The zero-order valence-electron chi connectivity index (χ0n) is 10.4. The summed E-state index contributed by atoms with van der Waals surface area (Å²) in [5.41, 5.74) is 6.33. The SMILES string of the molecule is CCOc1cc(CN)cc(Br)c1OCCC(F)(F)F. The molecule has 108 valence electrons. The average Bonchev–Trinajstić information content (AvgIpc) is 2.31. The van der Waals surface area contributed by atoms with Crippen molar-refractivity contribution in [2.45, 2.75) is 26.1 Å². The highest BCUT2D eigenvalue weighted by Gasteiger charge is 2.27. The fourth-order valence-electron chi connectivity index (χ4n) is 1.41. The highest BCUT2D eigenvalue weighted by Crippen LogP contribution is 2.37. The van der Waals surface area contributed by atoms with Crippen LogP contribution in [0.2, 0.25) is 0 Å². The second kappa shape index (κ2) is 7.00. The van der Waals surface area contributed by atoms with Gasteiger partial charge in [0.1, 0.15) is 0 Å². The summed E-state index contributed by atoms with van der Waals surface area (Å²) in [4.78, 5) is 0. The van der Waals surface area contributed by atoms with Crippen molar-refractivity contribution in [1.82, 2.24) is 0 Å². The molecule has 0 atom stereocenters. The van der Waals surface area contributed by atoms with Crippen LogP contribution in [0.4, 0.5) is 13.2 Å². The molecule has 0 aliphatic heterocycles. The van der Waals surface area contributed by atoms with Gasteiger partial charge in [0.25, 0.3) is 0 Å². The Hall–Kier alpha value is -0.950. The van der Waals surface area contributed by atoms with Crippen LogP contribution in [0.3, 0.4) is 0 Å². The maximum Gasteiger partial charge on any atom is 0.392 e. The first kappa shape index (κ1) is 16.1. The predicted molar refractivity (Wildman–Crippen MR) is 69.4 cm³/mol. The quantitative estimate of drug-likeness (QED) is 0.859. The second-order valence-electron chi connectivity index (χ2n) is 3.76. The van der Waals surface area contributed by atoms with Gasteiger partial charge >= 0.3 is 6.18 Å². The van der Waals surface area contributed by atoms with E-state index in [4.69, 9.17) is 15.2 Å². The lowest BCUT2D eigenvalue weighted by molar-refractivity contribution is -0.139. The molecule has 0 heterocycles. The fraction of sp³-hybridized carbons (Fsp3) is 0.500. The van der Waals surface area contributed by atoms with Crippen LogP contribution in [-0.4, -0.2) is 19.4 Å². The predicted octanol–water partition coefficient (Wildman–Crippen LogP) is 3.64. The summed E-state index contributed by atoms with van der Waals surface area (Å²) in [6.45, 7) is 2.02. The lowest BCUT2D eigenvalue weighted by Gasteiger charge is -2.15. The first-order chi connectivity index (χ1) is 8.87. The summed E-state index contributed by atoms with van der Waals surface area (Å²) < 4.78 is 47.3. The van der Waals surface area contributed by atoms with Crippen molar-refractivity contribution in [3.63, 3.8) is 0 Å². The molecule has 1 rings (SSSR count). The molecule has 0 amide bonds. The molecule has 3 nitrogen and oxygen atoms in total. The highest BCUT2D eigenvalue weighted by molar-refractivity contribution is 9.10. The third-order valence-electron chi connectivity index (χ3n) is 2.24. The van der Waals surface area contributed by atoms with Crippen LogP contribution in [0.15, 0.2) is 16.6 Å². The number of benzene rings is 1. The van der Waals surface area contributed by atoms with Gasteiger partial charge in [0, 0.05) is 6.54 Å². The van der Waals surface area contributed by atoms with Crippen LogP contribution in [-0.2, 0) is 6.54 Å². The molecule has 0 fully saturated rings. The smallest absolute Gasteiger partial charge is 0.392 e. The molecule has 2 N–H and O–H groups in total. The Morgan fingerprint density at radius 3 is 2.47 bits per heavy atom. The Bertz CT molecular complexity index is 424. The summed E-state index contributed by atoms with van der Waals surface area (Å²) in [5.74, 6) is 0.655. The Morgan fingerprint density at radius 1 is 1.26 bits per heavy atom. The minimum Gasteiger partial charge on any atom is -0.490 e. The lowest BCUT2D eigenvalue weighted by atomic mass is 10.2. The topological polar surface area (TPSA) is 44.5 Å². The van der Waals surface area contributed by atoms with Crippen LogP contribution in [0, 0.1) is 0 Å². The van der Waals surface area contributed by atoms with Gasteiger partial charge in [-0.3, -0.25) is 0 Å². The van der Waals surface area contributed by atoms with Crippen LogP contribution < -0.4 is 15.2 Å². The average molecular weight is 342 g/mol. The van der Waals surface area contributed by atoms with E-state index >= 15 is 0 Å². The van der Waals surface area contributed by atoms with Crippen LogP contribution >= 0.6 is 15.9 Å². The fourth-order valence-corrected chi connectivity index (χ4v) is 2.01. The number of ether oxygens (including phenoxy) is 2. The van der Waals surface area contributed by atoms with E-state index < -0.39 is 19.2 Å². The van der Waals surface area contributed by atoms with E-state index in [0.717, 1.165) is 5.56 Å². The summed E-state index contributed by atoms with van der Waals surface area (Å²) in [6.07, 6.45) is -5.25. The third-order valence-corrected chi connectivity index (χ3v) is 2.83. The molecular formula is C12H15BrF3NO2. The van der Waals surface area contributed by atoms with E-state index in [2.05, 4.69) is 15.9 Å². The van der Waals surface area contributed by atoms with E-state index in [1.54, 1.807) is 19.1 Å². The molecule has 0 aromatic heterocycles. The van der Waals surface area contributed by atoms with Crippen molar-refractivity contribution < 1.29 is 22.6 Å². The molecule has 0 saturated heterocycles. The summed E-state index contributed by atoms with van der Waals surface area (Å²) in [6, 6.07) is 3.36. The van der Waals surface area contributed by atoms with E-state index in [0.29, 0.717) is 23.4 Å². The van der Waals surface area contributed by atoms with Gasteiger partial charge in [-0.1, -0.05) is 0 Å². The lowest BCUT2D eigenvalue weighted by Crippen LogP contribution is -2.13. The van der Waals surface area contributed by atoms with Gasteiger partial charge in [-0.2, -0.15) is 13.2 Å². The first-order valence-corrected chi connectivity index (χ1v) is 6.51. The second-order valence-corrected chi connectivity index (χ2v) is 4.61. The third kappa shape index (κ3) is 5.28. The molecule has 0 spiro atoms. The Kier molecular flexibility index (Phi) is 5.93. The zero-order chi connectivity index (χ0) is 14.5. The number of halogens is 4. The van der Waals surface area contributed by atoms with Crippen molar-refractivity contribution in [3.05, 3.63) is 22.2 Å². The molecule has 1 aromatic rings. The molecule has 0 aliphatic rings. The molecule has 0 aliphatic carbocycles. The summed E-state index contributed by atoms with van der Waals surface area (Å²) in [5, 5.41) is 0. The highest BCUT2D eigenvalue weighted by atomic mass is 79.9. The van der Waals surface area contributed by atoms with Gasteiger partial charge in [0.2, 0.25) is 0 Å². The van der Waals surface area contributed by atoms with Crippen molar-refractivity contribution in [2.75, 3.05) is 13.2 Å². The van der Waals surface area contributed by atoms with Crippen molar-refractivity contribution >= 4 is 15.9 Å². The molecule has 0 unspecified atom stereocenters. The Balaban J connectivity index is 2.85. The normalized spacial score (nSPS) is 11.5. The number of hydrogen-bond donors (Lipinski definition) is 1. The minimum absolute atomic E-state index is 0.267. The van der Waals surface area contributed by atoms with E-state index in [1.165, 1.54) is 0 Å². The van der Waals surface area contributed by atoms with Gasteiger partial charge in [0.15, 0.2) is 11.5 Å². The van der Waals surface area contributed by atoms with Crippen LogP contribution in [0.5, 0.6) is 11.5 Å². The molecule has 0 radical (unpaired) electrons. The maximum atomic E-state index is 12.1. The molecule has 1 aromatic carbocycles. The van der Waals surface area contributed by atoms with E-state index in [1.807, 2.05) is 0 Å². The molecule has 7 heteroatoms. The van der Waals surface area contributed by atoms with Gasteiger partial charge < -0.3 is 15.2 Å². The van der Waals surface area contributed by atoms with E-state index in [9.17, 15) is 13.2 Å². The minimum atomic E-state index is -4.24. The molecular weight excluding hydrogens is 327 g/mol. The van der Waals surface area contributed by atoms with Gasteiger partial charge in [-0.05, 0) is 40.5 Å². The standard InChI is InChI=1S/C12H15BrF3NO2/c1-2-18-10-6-8(7-17)5-9(13)11(10)19-4-3-12(14,15)16/h5-6H,2-4,7,17H2,1H3. The summed E-state index contributed by atoms with van der Waals surface area (Å²) in [7, 11) is 0. The van der Waals surface area contributed by atoms with Crippen molar-refractivity contribution in [1.29, 1.82) is 0 Å². The molecule has 19 heavy (non-hydrogen) atoms. The first-order valence-electron chi connectivity index (χ1n) is 5.72. The van der Waals surface area contributed by atoms with Gasteiger partial charge in [-0.25, -0.2) is 0 Å². The monoisotopic (exact) mass is 341 g/mol. The zero-order valence-corrected chi connectivity index (χ0v) is 12.0.